The van der Waals surface area contributed by atoms with E-state index in [1.54, 1.807) is 0 Å². The number of hydrogen-bond donors (Lipinski definition) is 0. The van der Waals surface area contributed by atoms with Gasteiger partial charge in [-0.25, -0.2) is 0 Å². The van der Waals surface area contributed by atoms with Crippen LogP contribution < -0.4 is 0 Å². The Morgan fingerprint density at radius 1 is 1.27 bits per heavy atom. The first kappa shape index (κ1) is 9.05. The summed E-state index contributed by atoms with van der Waals surface area (Å²) in [5.41, 5.74) is 0.490. The summed E-state index contributed by atoms with van der Waals surface area (Å²) >= 11 is 0. The quantitative estimate of drug-likeness (QED) is 0.519. The van der Waals surface area contributed by atoms with Gasteiger partial charge in [-0.2, -0.15) is 0 Å². The van der Waals surface area contributed by atoms with Crippen molar-refractivity contribution in [2.24, 2.45) is 11.3 Å². The molecule has 0 unspecified atom stereocenters. The van der Waals surface area contributed by atoms with Gasteiger partial charge in [-0.05, 0) is 38.3 Å². The Hall–Kier alpha value is -0.0400. The smallest absolute Gasteiger partial charge is 0.00976 e. The molecule has 1 fully saturated rings. The van der Waals surface area contributed by atoms with Crippen LogP contribution in [0.5, 0.6) is 0 Å². The molecule has 1 saturated heterocycles. The average Bonchev–Trinajstić information content (AvgIpc) is 2.11. The molecule has 1 heteroatoms. The van der Waals surface area contributed by atoms with Gasteiger partial charge in [0.15, 0.2) is 0 Å². The van der Waals surface area contributed by atoms with Crippen molar-refractivity contribution < 1.29 is 0 Å². The van der Waals surface area contributed by atoms with Crippen molar-refractivity contribution in [3.63, 3.8) is 0 Å². The first-order valence-electron chi connectivity index (χ1n) is 4.63. The lowest BCUT2D eigenvalue weighted by atomic mass is 9.77. The molecule has 0 saturated carbocycles. The molecule has 11 heavy (non-hydrogen) atoms. The van der Waals surface area contributed by atoms with Crippen LogP contribution in [0.15, 0.2) is 0 Å². The molecule has 0 amide bonds. The zero-order valence-electron chi connectivity index (χ0n) is 8.52. The van der Waals surface area contributed by atoms with Crippen LogP contribution in [0.4, 0.5) is 0 Å². The number of nitrogens with zero attached hydrogens (tertiary/aromatic N) is 1. The van der Waals surface area contributed by atoms with Gasteiger partial charge in [0.05, 0.1) is 0 Å². The van der Waals surface area contributed by atoms with Crippen LogP contribution in [0.1, 0.15) is 34.1 Å². The highest BCUT2D eigenvalue weighted by atomic mass is 15.1. The molecule has 2 atom stereocenters. The summed E-state index contributed by atoms with van der Waals surface area (Å²) < 4.78 is 0. The van der Waals surface area contributed by atoms with E-state index < -0.39 is 0 Å². The second kappa shape index (κ2) is 2.78. The van der Waals surface area contributed by atoms with Crippen molar-refractivity contribution in [2.45, 2.75) is 40.2 Å². The number of likely N-dealkylation sites (tertiary alicyclic amines) is 1. The van der Waals surface area contributed by atoms with E-state index in [0.717, 1.165) is 12.0 Å². The maximum absolute atomic E-state index is 2.47. The lowest BCUT2D eigenvalue weighted by molar-refractivity contribution is 0.182. The largest absolute Gasteiger partial charge is 0.303 e. The third-order valence-electron chi connectivity index (χ3n) is 3.18. The van der Waals surface area contributed by atoms with E-state index in [2.05, 4.69) is 39.6 Å². The Kier molecular flexibility index (Phi) is 2.29. The third-order valence-corrected chi connectivity index (χ3v) is 3.18. The zero-order chi connectivity index (χ0) is 8.65. The molecule has 0 aromatic carbocycles. The molecule has 0 spiro atoms. The Balaban J connectivity index is 2.62. The normalized spacial score (nSPS) is 34.6. The van der Waals surface area contributed by atoms with Gasteiger partial charge in [0, 0.05) is 6.04 Å². The highest BCUT2D eigenvalue weighted by Gasteiger charge is 2.35. The Labute approximate surface area is 70.8 Å². The molecule has 1 rings (SSSR count). The van der Waals surface area contributed by atoms with E-state index in [9.17, 15) is 0 Å². The van der Waals surface area contributed by atoms with Gasteiger partial charge >= 0.3 is 0 Å². The minimum atomic E-state index is 0.490. The highest BCUT2D eigenvalue weighted by Crippen LogP contribution is 2.37. The molecular weight excluding hydrogens is 134 g/mol. The van der Waals surface area contributed by atoms with E-state index in [1.165, 1.54) is 13.0 Å². The molecule has 0 bridgehead atoms. The fraction of sp³-hybridized carbons (Fsp3) is 1.00. The molecule has 0 aliphatic carbocycles. The summed E-state index contributed by atoms with van der Waals surface area (Å²) in [7, 11) is 2.23. The van der Waals surface area contributed by atoms with Crippen LogP contribution in [0.3, 0.4) is 0 Å². The molecule has 1 heterocycles. The van der Waals surface area contributed by atoms with Gasteiger partial charge in [-0.15, -0.1) is 0 Å². The second-order valence-corrected chi connectivity index (χ2v) is 4.98. The van der Waals surface area contributed by atoms with Crippen LogP contribution in [-0.2, 0) is 0 Å². The number of hydrogen-bond acceptors (Lipinski definition) is 1. The van der Waals surface area contributed by atoms with Crippen molar-refractivity contribution in [1.29, 1.82) is 0 Å². The van der Waals surface area contributed by atoms with Gasteiger partial charge in [-0.1, -0.05) is 20.8 Å². The van der Waals surface area contributed by atoms with E-state index in [-0.39, 0.29) is 0 Å². The topological polar surface area (TPSA) is 3.24 Å². The van der Waals surface area contributed by atoms with Gasteiger partial charge in [0.1, 0.15) is 0 Å². The van der Waals surface area contributed by atoms with Gasteiger partial charge in [-0.3, -0.25) is 0 Å². The summed E-state index contributed by atoms with van der Waals surface area (Å²) in [6.07, 6.45) is 1.38. The molecule has 0 aromatic rings. The van der Waals surface area contributed by atoms with Crippen LogP contribution >= 0.6 is 0 Å². The molecule has 0 radical (unpaired) electrons. The minimum Gasteiger partial charge on any atom is -0.303 e. The fourth-order valence-corrected chi connectivity index (χ4v) is 2.25. The molecular formula is C10H21N. The second-order valence-electron chi connectivity index (χ2n) is 4.98. The highest BCUT2D eigenvalue weighted by molar-refractivity contribution is 4.88. The van der Waals surface area contributed by atoms with Crippen molar-refractivity contribution in [1.82, 2.24) is 4.90 Å². The summed E-state index contributed by atoms with van der Waals surface area (Å²) in [5, 5.41) is 0. The molecule has 1 aliphatic rings. The first-order chi connectivity index (χ1) is 4.93. The minimum absolute atomic E-state index is 0.490. The summed E-state index contributed by atoms with van der Waals surface area (Å²) in [6, 6.07) is 0.773. The fourth-order valence-electron chi connectivity index (χ4n) is 2.25. The predicted molar refractivity (Wildman–Crippen MR) is 49.7 cm³/mol. The van der Waals surface area contributed by atoms with Crippen LogP contribution in [0.25, 0.3) is 0 Å². The van der Waals surface area contributed by atoms with Crippen molar-refractivity contribution in [2.75, 3.05) is 13.6 Å². The lowest BCUT2D eigenvalue weighted by Gasteiger charge is -2.31. The average molecular weight is 155 g/mol. The maximum Gasteiger partial charge on any atom is 0.00976 e. The van der Waals surface area contributed by atoms with Crippen LogP contribution in [0, 0.1) is 11.3 Å². The Bertz CT molecular complexity index is 134. The molecule has 1 nitrogen and oxygen atoms in total. The standard InChI is InChI=1S/C10H21N/c1-8-9(10(2,3)4)6-7-11(8)5/h8-9H,6-7H2,1-5H3/t8-,9+/m0/s1. The van der Waals surface area contributed by atoms with Gasteiger partial charge < -0.3 is 4.90 Å². The number of rotatable bonds is 0. The summed E-state index contributed by atoms with van der Waals surface area (Å²) in [6.45, 7) is 10.7. The van der Waals surface area contributed by atoms with E-state index in [0.29, 0.717) is 5.41 Å². The van der Waals surface area contributed by atoms with Crippen molar-refractivity contribution in [3.05, 3.63) is 0 Å². The van der Waals surface area contributed by atoms with Gasteiger partial charge in [0.25, 0.3) is 0 Å². The SMILES string of the molecule is C[C@H]1[C@H](C(C)(C)C)CCN1C. The van der Waals surface area contributed by atoms with E-state index in [4.69, 9.17) is 0 Å². The van der Waals surface area contributed by atoms with Crippen LogP contribution in [-0.4, -0.2) is 24.5 Å². The van der Waals surface area contributed by atoms with E-state index >= 15 is 0 Å². The lowest BCUT2D eigenvalue weighted by Crippen LogP contribution is -2.32. The van der Waals surface area contributed by atoms with E-state index in [1.807, 2.05) is 0 Å². The van der Waals surface area contributed by atoms with Crippen molar-refractivity contribution in [3.8, 4) is 0 Å². The molecule has 0 aromatic heterocycles. The molecule has 66 valence electrons. The Morgan fingerprint density at radius 2 is 1.82 bits per heavy atom. The third kappa shape index (κ3) is 1.76. The Morgan fingerprint density at radius 3 is 2.00 bits per heavy atom. The maximum atomic E-state index is 2.47. The van der Waals surface area contributed by atoms with Gasteiger partial charge in [0.2, 0.25) is 0 Å². The predicted octanol–water partition coefficient (Wildman–Crippen LogP) is 2.37. The molecule has 1 aliphatic heterocycles. The monoisotopic (exact) mass is 155 g/mol. The first-order valence-corrected chi connectivity index (χ1v) is 4.63. The van der Waals surface area contributed by atoms with Crippen molar-refractivity contribution >= 4 is 0 Å². The summed E-state index contributed by atoms with van der Waals surface area (Å²) in [5.74, 6) is 0.882. The zero-order valence-corrected chi connectivity index (χ0v) is 8.52. The van der Waals surface area contributed by atoms with Crippen LogP contribution in [0.2, 0.25) is 0 Å². The molecule has 0 N–H and O–H groups in total. The summed E-state index contributed by atoms with van der Waals surface area (Å²) in [4.78, 5) is 2.47.